The maximum atomic E-state index is 12.6. The molecule has 27 heavy (non-hydrogen) atoms. The molecule has 136 valence electrons. The number of hydrogen-bond acceptors (Lipinski definition) is 3. The van der Waals surface area contributed by atoms with Crippen LogP contribution >= 0.6 is 0 Å². The van der Waals surface area contributed by atoms with Crippen LogP contribution in [0.1, 0.15) is 37.4 Å². The van der Waals surface area contributed by atoms with Gasteiger partial charge in [0.1, 0.15) is 0 Å². The summed E-state index contributed by atoms with van der Waals surface area (Å²) in [6.07, 6.45) is 0. The number of rotatable bonds is 4. The molecule has 0 aromatic heterocycles. The number of anilines is 1. The monoisotopic (exact) mass is 358 g/mol. The fourth-order valence-electron chi connectivity index (χ4n) is 3.05. The van der Waals surface area contributed by atoms with Crippen LogP contribution in [0.15, 0.2) is 60.7 Å². The fraction of sp³-hybridized carbons (Fsp3) is 0.130. The smallest absolute Gasteiger partial charge is 0.255 e. The van der Waals surface area contributed by atoms with Crippen molar-refractivity contribution in [3.05, 3.63) is 88.5 Å². The average Bonchev–Trinajstić information content (AvgIpc) is 2.64. The number of carboxylic acid groups (broad SMARTS) is 1. The van der Waals surface area contributed by atoms with Crippen molar-refractivity contribution < 1.29 is 14.7 Å². The van der Waals surface area contributed by atoms with Crippen molar-refractivity contribution in [3.8, 4) is 11.1 Å². The molecular formula is C23H20NO3-. The third-order valence-corrected chi connectivity index (χ3v) is 4.65. The van der Waals surface area contributed by atoms with E-state index in [2.05, 4.69) is 5.32 Å². The third kappa shape index (κ3) is 3.90. The highest BCUT2D eigenvalue weighted by Crippen LogP contribution is 2.31. The van der Waals surface area contributed by atoms with Crippen LogP contribution in [0.2, 0.25) is 0 Å². The topological polar surface area (TPSA) is 69.2 Å². The van der Waals surface area contributed by atoms with E-state index in [1.165, 1.54) is 0 Å². The lowest BCUT2D eigenvalue weighted by atomic mass is 9.94. The van der Waals surface area contributed by atoms with Gasteiger partial charge in [0.05, 0.1) is 5.97 Å². The van der Waals surface area contributed by atoms with Crippen LogP contribution < -0.4 is 10.4 Å². The predicted molar refractivity (Wildman–Crippen MR) is 105 cm³/mol. The van der Waals surface area contributed by atoms with Crippen LogP contribution in [0, 0.1) is 20.8 Å². The Morgan fingerprint density at radius 2 is 1.63 bits per heavy atom. The van der Waals surface area contributed by atoms with Gasteiger partial charge in [0, 0.05) is 22.4 Å². The predicted octanol–water partition coefficient (Wildman–Crippen LogP) is 3.89. The molecule has 4 heteroatoms. The number of carbonyl (C=O) groups is 2. The third-order valence-electron chi connectivity index (χ3n) is 4.65. The van der Waals surface area contributed by atoms with Crippen molar-refractivity contribution in [1.29, 1.82) is 0 Å². The summed E-state index contributed by atoms with van der Waals surface area (Å²) in [4.78, 5) is 24.1. The Morgan fingerprint density at radius 3 is 2.33 bits per heavy atom. The molecule has 0 spiro atoms. The highest BCUT2D eigenvalue weighted by Gasteiger charge is 2.13. The summed E-state index contributed by atoms with van der Waals surface area (Å²) in [6.45, 7) is 5.55. The first-order valence-electron chi connectivity index (χ1n) is 8.67. The maximum absolute atomic E-state index is 12.6. The largest absolute Gasteiger partial charge is 0.545 e. The Hall–Kier alpha value is -3.40. The lowest BCUT2D eigenvalue weighted by Gasteiger charge is -2.16. The molecule has 0 aliphatic carbocycles. The summed E-state index contributed by atoms with van der Waals surface area (Å²) in [7, 11) is 0. The maximum Gasteiger partial charge on any atom is 0.255 e. The Kier molecular flexibility index (Phi) is 5.08. The van der Waals surface area contributed by atoms with Gasteiger partial charge in [-0.1, -0.05) is 42.0 Å². The Labute approximate surface area is 158 Å². The summed E-state index contributed by atoms with van der Waals surface area (Å²) < 4.78 is 0. The van der Waals surface area contributed by atoms with E-state index in [1.807, 2.05) is 56.3 Å². The van der Waals surface area contributed by atoms with E-state index in [9.17, 15) is 14.7 Å². The molecule has 0 heterocycles. The number of carbonyl (C=O) groups excluding carboxylic acids is 2. The van der Waals surface area contributed by atoms with Crippen molar-refractivity contribution in [3.63, 3.8) is 0 Å². The van der Waals surface area contributed by atoms with E-state index in [0.29, 0.717) is 16.8 Å². The van der Waals surface area contributed by atoms with Gasteiger partial charge in [-0.05, 0) is 61.7 Å². The minimum atomic E-state index is -1.21. The van der Waals surface area contributed by atoms with Crippen molar-refractivity contribution >= 4 is 17.6 Å². The molecule has 0 saturated heterocycles. The van der Waals surface area contributed by atoms with Gasteiger partial charge in [0.25, 0.3) is 5.91 Å². The van der Waals surface area contributed by atoms with Crippen LogP contribution in [0.4, 0.5) is 5.69 Å². The van der Waals surface area contributed by atoms with Gasteiger partial charge < -0.3 is 15.2 Å². The molecule has 3 aromatic carbocycles. The first kappa shape index (κ1) is 18.4. The molecule has 0 saturated carbocycles. The number of benzene rings is 3. The van der Waals surface area contributed by atoms with Crippen molar-refractivity contribution in [2.45, 2.75) is 20.8 Å². The number of para-hydroxylation sites is 1. The van der Waals surface area contributed by atoms with E-state index in [1.54, 1.807) is 25.1 Å². The summed E-state index contributed by atoms with van der Waals surface area (Å²) in [5, 5.41) is 14.4. The van der Waals surface area contributed by atoms with Crippen molar-refractivity contribution in [2.75, 3.05) is 5.32 Å². The molecule has 3 rings (SSSR count). The molecule has 0 aliphatic rings. The second kappa shape index (κ2) is 7.46. The highest BCUT2D eigenvalue weighted by molar-refractivity contribution is 6.06. The first-order valence-corrected chi connectivity index (χ1v) is 8.67. The second-order valence-corrected chi connectivity index (χ2v) is 6.62. The molecule has 0 atom stereocenters. The Bertz CT molecular complexity index is 1040. The van der Waals surface area contributed by atoms with Crippen LogP contribution in [0.5, 0.6) is 0 Å². The van der Waals surface area contributed by atoms with Crippen LogP contribution in [-0.4, -0.2) is 11.9 Å². The average molecular weight is 358 g/mol. The van der Waals surface area contributed by atoms with E-state index < -0.39 is 5.97 Å². The molecule has 0 aliphatic heterocycles. The zero-order chi connectivity index (χ0) is 19.6. The van der Waals surface area contributed by atoms with Gasteiger partial charge in [0.15, 0.2) is 0 Å². The molecular weight excluding hydrogens is 338 g/mol. The molecule has 0 unspecified atom stereocenters. The molecule has 4 nitrogen and oxygen atoms in total. The van der Waals surface area contributed by atoms with E-state index in [4.69, 9.17) is 0 Å². The summed E-state index contributed by atoms with van der Waals surface area (Å²) in [5.41, 5.74) is 5.36. The zero-order valence-corrected chi connectivity index (χ0v) is 15.5. The molecule has 0 bridgehead atoms. The van der Waals surface area contributed by atoms with Crippen LogP contribution in [0.3, 0.4) is 0 Å². The summed E-state index contributed by atoms with van der Waals surface area (Å²) in [5.74, 6) is -1.42. The zero-order valence-electron chi connectivity index (χ0n) is 15.5. The number of carboxylic acids is 1. The van der Waals surface area contributed by atoms with Gasteiger partial charge in [-0.3, -0.25) is 4.79 Å². The highest BCUT2D eigenvalue weighted by atomic mass is 16.4. The number of aromatic carboxylic acids is 1. The number of hydrogen-bond donors (Lipinski definition) is 1. The lowest BCUT2D eigenvalue weighted by molar-refractivity contribution is -0.255. The summed E-state index contributed by atoms with van der Waals surface area (Å²) in [6, 6.07) is 18.2. The van der Waals surface area contributed by atoms with Gasteiger partial charge in [-0.2, -0.15) is 0 Å². The van der Waals surface area contributed by atoms with E-state index in [-0.39, 0.29) is 11.5 Å². The van der Waals surface area contributed by atoms with Crippen molar-refractivity contribution in [2.24, 2.45) is 0 Å². The Morgan fingerprint density at radius 1 is 0.889 bits per heavy atom. The standard InChI is InChI=1S/C23H21NO3/c1-14-7-6-8-17(11-14)22(25)24-21-10-5-4-9-19(21)18-12-15(2)16(3)20(13-18)23(26)27/h4-13H,1-3H3,(H,24,25)(H,26,27)/p-1. The molecule has 0 radical (unpaired) electrons. The SMILES string of the molecule is Cc1cccc(C(=O)Nc2ccccc2-c2cc(C)c(C)c(C(=O)[O-])c2)c1. The fourth-order valence-corrected chi connectivity index (χ4v) is 3.05. The normalized spacial score (nSPS) is 10.5. The lowest BCUT2D eigenvalue weighted by Crippen LogP contribution is -2.23. The van der Waals surface area contributed by atoms with Crippen LogP contribution in [-0.2, 0) is 0 Å². The molecule has 3 aromatic rings. The number of nitrogens with one attached hydrogen (secondary N) is 1. The van der Waals surface area contributed by atoms with E-state index >= 15 is 0 Å². The molecule has 0 fully saturated rings. The van der Waals surface area contributed by atoms with E-state index in [0.717, 1.165) is 22.3 Å². The van der Waals surface area contributed by atoms with Gasteiger partial charge in [0.2, 0.25) is 0 Å². The van der Waals surface area contributed by atoms with Gasteiger partial charge >= 0.3 is 0 Å². The van der Waals surface area contributed by atoms with Crippen LogP contribution in [0.25, 0.3) is 11.1 Å². The quantitative estimate of drug-likeness (QED) is 0.769. The Balaban J connectivity index is 2.02. The second-order valence-electron chi connectivity index (χ2n) is 6.62. The summed E-state index contributed by atoms with van der Waals surface area (Å²) >= 11 is 0. The minimum absolute atomic E-state index is 0.157. The van der Waals surface area contributed by atoms with Gasteiger partial charge in [-0.15, -0.1) is 0 Å². The van der Waals surface area contributed by atoms with Crippen molar-refractivity contribution in [1.82, 2.24) is 0 Å². The van der Waals surface area contributed by atoms with Gasteiger partial charge in [-0.25, -0.2) is 0 Å². The molecule has 1 N–H and O–H groups in total. The molecule has 1 amide bonds. The first-order chi connectivity index (χ1) is 12.9. The minimum Gasteiger partial charge on any atom is -0.545 e. The number of amides is 1. The number of aryl methyl sites for hydroxylation is 2.